The molecule has 25 heavy (non-hydrogen) atoms. The lowest BCUT2D eigenvalue weighted by Crippen LogP contribution is -2.42. The first-order valence-electron chi connectivity index (χ1n) is 7.56. The van der Waals surface area contributed by atoms with E-state index in [0.717, 1.165) is 12.1 Å². The number of benzene rings is 1. The van der Waals surface area contributed by atoms with Crippen molar-refractivity contribution in [1.82, 2.24) is 16.0 Å². The second-order valence-corrected chi connectivity index (χ2v) is 5.45. The van der Waals surface area contributed by atoms with Gasteiger partial charge in [-0.25, -0.2) is 9.59 Å². The van der Waals surface area contributed by atoms with Crippen molar-refractivity contribution in [3.05, 3.63) is 35.4 Å². The highest BCUT2D eigenvalue weighted by molar-refractivity contribution is 5.75. The number of alkyl halides is 3. The van der Waals surface area contributed by atoms with Crippen LogP contribution in [0.25, 0.3) is 0 Å². The zero-order valence-electron chi connectivity index (χ0n) is 13.1. The fourth-order valence-electron chi connectivity index (χ4n) is 2.34. The van der Waals surface area contributed by atoms with Crippen LogP contribution in [-0.4, -0.2) is 43.0 Å². The standard InChI is InChI=1S/C15H18F3N3O4/c16-15(17,18)10-3-1-2-9(6-10)12(4-5-22)21-13(23)19-7-11-8-20-14(24)25-11/h1-3,6,11-12,22H,4-5,7-8H2,(H,20,24)(H2,19,21,23). The Kier molecular flexibility index (Phi) is 6.07. The van der Waals surface area contributed by atoms with E-state index in [1.807, 2.05) is 0 Å². The summed E-state index contributed by atoms with van der Waals surface area (Å²) in [7, 11) is 0. The second-order valence-electron chi connectivity index (χ2n) is 5.45. The van der Waals surface area contributed by atoms with Gasteiger partial charge in [0.05, 0.1) is 24.7 Å². The van der Waals surface area contributed by atoms with Gasteiger partial charge in [-0.1, -0.05) is 12.1 Å². The number of amides is 3. The number of ether oxygens (including phenoxy) is 1. The van der Waals surface area contributed by atoms with Crippen LogP contribution < -0.4 is 16.0 Å². The van der Waals surface area contributed by atoms with Gasteiger partial charge in [0.2, 0.25) is 0 Å². The molecule has 1 saturated heterocycles. The number of cyclic esters (lactones) is 1. The van der Waals surface area contributed by atoms with Gasteiger partial charge in [0.1, 0.15) is 6.10 Å². The molecule has 0 radical (unpaired) electrons. The molecule has 1 aromatic rings. The van der Waals surface area contributed by atoms with Crippen molar-refractivity contribution in [2.45, 2.75) is 24.7 Å². The minimum Gasteiger partial charge on any atom is -0.442 e. The molecule has 1 aliphatic heterocycles. The molecule has 1 aliphatic rings. The summed E-state index contributed by atoms with van der Waals surface area (Å²) in [5, 5.41) is 16.5. The summed E-state index contributed by atoms with van der Waals surface area (Å²) in [6.07, 6.45) is -5.53. The first-order chi connectivity index (χ1) is 11.8. The SMILES string of the molecule is O=C(NCC1CNC(=O)O1)NC(CCO)c1cccc(C(F)(F)F)c1. The Balaban J connectivity index is 1.98. The van der Waals surface area contributed by atoms with E-state index < -0.39 is 36.0 Å². The number of halogens is 3. The highest BCUT2D eigenvalue weighted by atomic mass is 19.4. The molecule has 1 fully saturated rings. The summed E-state index contributed by atoms with van der Waals surface area (Å²) in [5.41, 5.74) is -0.605. The Bertz CT molecular complexity index is 624. The van der Waals surface area contributed by atoms with Gasteiger partial charge in [-0.05, 0) is 24.1 Å². The highest BCUT2D eigenvalue weighted by Crippen LogP contribution is 2.31. The number of alkyl carbamates (subject to hydrolysis) is 1. The van der Waals surface area contributed by atoms with Crippen LogP contribution in [0.4, 0.5) is 22.8 Å². The molecular formula is C15H18F3N3O4. The summed E-state index contributed by atoms with van der Waals surface area (Å²) in [6.45, 7) is -0.00281. The van der Waals surface area contributed by atoms with Gasteiger partial charge in [-0.2, -0.15) is 13.2 Å². The average Bonchev–Trinajstić information content (AvgIpc) is 2.97. The van der Waals surface area contributed by atoms with Gasteiger partial charge in [0, 0.05) is 6.61 Å². The first kappa shape index (κ1) is 18.8. The molecular weight excluding hydrogens is 343 g/mol. The summed E-state index contributed by atoms with van der Waals surface area (Å²) >= 11 is 0. The molecule has 0 bridgehead atoms. The molecule has 0 aliphatic carbocycles. The van der Waals surface area contributed by atoms with Crippen LogP contribution in [0.5, 0.6) is 0 Å². The lowest BCUT2D eigenvalue weighted by Gasteiger charge is -2.20. The maximum atomic E-state index is 12.8. The lowest BCUT2D eigenvalue weighted by atomic mass is 10.0. The van der Waals surface area contributed by atoms with Crippen LogP contribution in [0.15, 0.2) is 24.3 Å². The highest BCUT2D eigenvalue weighted by Gasteiger charge is 2.31. The van der Waals surface area contributed by atoms with Crippen molar-refractivity contribution in [3.8, 4) is 0 Å². The van der Waals surface area contributed by atoms with Gasteiger partial charge < -0.3 is 25.8 Å². The van der Waals surface area contributed by atoms with Crippen LogP contribution in [0.1, 0.15) is 23.6 Å². The van der Waals surface area contributed by atoms with E-state index in [1.54, 1.807) is 0 Å². The fourth-order valence-corrected chi connectivity index (χ4v) is 2.34. The van der Waals surface area contributed by atoms with E-state index in [2.05, 4.69) is 16.0 Å². The molecule has 7 nitrogen and oxygen atoms in total. The lowest BCUT2D eigenvalue weighted by molar-refractivity contribution is -0.137. The van der Waals surface area contributed by atoms with E-state index in [0.29, 0.717) is 0 Å². The molecule has 1 heterocycles. The van der Waals surface area contributed by atoms with Gasteiger partial charge in [0.25, 0.3) is 0 Å². The van der Waals surface area contributed by atoms with Crippen LogP contribution in [0.3, 0.4) is 0 Å². The zero-order valence-corrected chi connectivity index (χ0v) is 13.1. The molecule has 0 spiro atoms. The summed E-state index contributed by atoms with van der Waals surface area (Å²) in [6, 6.07) is 3.12. The quantitative estimate of drug-likeness (QED) is 0.618. The maximum Gasteiger partial charge on any atom is 0.416 e. The van der Waals surface area contributed by atoms with Crippen molar-refractivity contribution in [3.63, 3.8) is 0 Å². The molecule has 2 unspecified atom stereocenters. The molecule has 10 heteroatoms. The Morgan fingerprint density at radius 1 is 1.44 bits per heavy atom. The van der Waals surface area contributed by atoms with E-state index >= 15 is 0 Å². The van der Waals surface area contributed by atoms with Crippen LogP contribution in [-0.2, 0) is 10.9 Å². The number of carbonyl (C=O) groups excluding carboxylic acids is 2. The minimum atomic E-state index is -4.50. The third kappa shape index (κ3) is 5.52. The van der Waals surface area contributed by atoms with Gasteiger partial charge in [-0.3, -0.25) is 0 Å². The molecule has 0 aromatic heterocycles. The predicted molar refractivity (Wildman–Crippen MR) is 80.7 cm³/mol. The third-order valence-electron chi connectivity index (χ3n) is 3.58. The van der Waals surface area contributed by atoms with Crippen molar-refractivity contribution >= 4 is 12.1 Å². The Hall–Kier alpha value is -2.49. The molecule has 4 N–H and O–H groups in total. The number of aliphatic hydroxyl groups excluding tert-OH is 1. The Morgan fingerprint density at radius 2 is 2.20 bits per heavy atom. The number of aliphatic hydroxyl groups is 1. The van der Waals surface area contributed by atoms with Crippen LogP contribution in [0, 0.1) is 0 Å². The summed E-state index contributed by atoms with van der Waals surface area (Å²) in [5.74, 6) is 0. The van der Waals surface area contributed by atoms with E-state index in [1.165, 1.54) is 12.1 Å². The molecule has 2 rings (SSSR count). The van der Waals surface area contributed by atoms with Gasteiger partial charge in [-0.15, -0.1) is 0 Å². The molecule has 138 valence electrons. The average molecular weight is 361 g/mol. The first-order valence-corrected chi connectivity index (χ1v) is 7.56. The zero-order chi connectivity index (χ0) is 18.4. The number of hydrogen-bond acceptors (Lipinski definition) is 4. The number of carbonyl (C=O) groups is 2. The largest absolute Gasteiger partial charge is 0.442 e. The molecule has 0 saturated carbocycles. The third-order valence-corrected chi connectivity index (χ3v) is 3.58. The van der Waals surface area contributed by atoms with Crippen molar-refractivity contribution < 1.29 is 32.6 Å². The van der Waals surface area contributed by atoms with Crippen LogP contribution in [0.2, 0.25) is 0 Å². The molecule has 3 amide bonds. The minimum absolute atomic E-state index is 0.0503. The number of urea groups is 1. The number of hydrogen-bond donors (Lipinski definition) is 4. The molecule has 1 aromatic carbocycles. The Labute approximate surface area is 141 Å². The predicted octanol–water partition coefficient (Wildman–Crippen LogP) is 1.54. The van der Waals surface area contributed by atoms with Gasteiger partial charge in [0.15, 0.2) is 0 Å². The van der Waals surface area contributed by atoms with E-state index in [9.17, 15) is 22.8 Å². The van der Waals surface area contributed by atoms with Gasteiger partial charge >= 0.3 is 18.3 Å². The number of rotatable bonds is 6. The van der Waals surface area contributed by atoms with Crippen LogP contribution >= 0.6 is 0 Å². The summed E-state index contributed by atoms with van der Waals surface area (Å²) in [4.78, 5) is 22.8. The topological polar surface area (TPSA) is 99.7 Å². The monoisotopic (exact) mass is 361 g/mol. The van der Waals surface area contributed by atoms with Crippen molar-refractivity contribution in [2.75, 3.05) is 19.7 Å². The smallest absolute Gasteiger partial charge is 0.416 e. The van der Waals surface area contributed by atoms with Crippen molar-refractivity contribution in [1.29, 1.82) is 0 Å². The normalized spacial score (nSPS) is 18.2. The molecule has 2 atom stereocenters. The van der Waals surface area contributed by atoms with E-state index in [-0.39, 0.29) is 31.7 Å². The summed E-state index contributed by atoms with van der Waals surface area (Å²) < 4.78 is 43.3. The number of nitrogens with one attached hydrogen (secondary N) is 3. The van der Waals surface area contributed by atoms with Crippen molar-refractivity contribution in [2.24, 2.45) is 0 Å². The fraction of sp³-hybridized carbons (Fsp3) is 0.467. The maximum absolute atomic E-state index is 12.8. The second kappa shape index (κ2) is 8.06. The van der Waals surface area contributed by atoms with E-state index in [4.69, 9.17) is 9.84 Å². The Morgan fingerprint density at radius 3 is 2.80 bits per heavy atom.